The topological polar surface area (TPSA) is 77.4 Å². The van der Waals surface area contributed by atoms with E-state index in [2.05, 4.69) is 10.1 Å². The van der Waals surface area contributed by atoms with Crippen LogP contribution >= 0.6 is 0 Å². The van der Waals surface area contributed by atoms with Gasteiger partial charge in [0.2, 0.25) is 5.91 Å². The van der Waals surface area contributed by atoms with E-state index in [1.165, 1.54) is 23.9 Å². The summed E-state index contributed by atoms with van der Waals surface area (Å²) in [5, 5.41) is 2.57. The van der Waals surface area contributed by atoms with Crippen molar-refractivity contribution in [3.05, 3.63) is 34.7 Å². The summed E-state index contributed by atoms with van der Waals surface area (Å²) in [4.78, 5) is 34.8. The normalized spacial score (nSPS) is 12.0. The fraction of sp³-hybridized carbons (Fsp3) is 0.462. The van der Waals surface area contributed by atoms with Gasteiger partial charge in [-0.25, -0.2) is 4.79 Å². The van der Waals surface area contributed by atoms with Gasteiger partial charge in [0.15, 0.2) is 0 Å². The molecule has 0 saturated heterocycles. The molecule has 1 amide bonds. The first-order valence-corrected chi connectivity index (χ1v) is 5.98. The van der Waals surface area contributed by atoms with E-state index in [-0.39, 0.29) is 18.0 Å². The maximum atomic E-state index is 11.8. The molecule has 104 valence electrons. The average molecular weight is 266 g/mol. The Morgan fingerprint density at radius 1 is 1.37 bits per heavy atom. The first-order chi connectivity index (χ1) is 8.95. The monoisotopic (exact) mass is 266 g/mol. The summed E-state index contributed by atoms with van der Waals surface area (Å²) in [6.45, 7) is 3.48. The highest BCUT2D eigenvalue weighted by Gasteiger charge is 2.24. The minimum Gasteiger partial charge on any atom is -0.467 e. The van der Waals surface area contributed by atoms with Gasteiger partial charge in [-0.2, -0.15) is 0 Å². The van der Waals surface area contributed by atoms with E-state index in [0.29, 0.717) is 0 Å². The van der Waals surface area contributed by atoms with Crippen LogP contribution < -0.4 is 10.9 Å². The number of amides is 1. The molecule has 0 spiro atoms. The number of aromatic nitrogens is 1. The molecule has 0 radical (unpaired) electrons. The fourth-order valence-corrected chi connectivity index (χ4v) is 1.59. The molecule has 0 aliphatic heterocycles. The maximum absolute atomic E-state index is 11.8. The van der Waals surface area contributed by atoms with E-state index in [1.807, 2.05) is 0 Å². The lowest BCUT2D eigenvalue weighted by atomic mass is 10.0. The Morgan fingerprint density at radius 2 is 2.05 bits per heavy atom. The van der Waals surface area contributed by atoms with Gasteiger partial charge in [-0.15, -0.1) is 0 Å². The molecule has 6 heteroatoms. The van der Waals surface area contributed by atoms with E-state index < -0.39 is 17.9 Å². The number of pyridine rings is 1. The first-order valence-electron chi connectivity index (χ1n) is 5.98. The SMILES string of the molecule is COC(=O)[C@@H](NC(=O)Cn1ccccc1=O)C(C)C. The average Bonchev–Trinajstić information content (AvgIpc) is 2.37. The number of carbonyl (C=O) groups is 2. The molecule has 0 saturated carbocycles. The van der Waals surface area contributed by atoms with Gasteiger partial charge < -0.3 is 14.6 Å². The smallest absolute Gasteiger partial charge is 0.328 e. The van der Waals surface area contributed by atoms with Crippen molar-refractivity contribution in [1.82, 2.24) is 9.88 Å². The Kier molecular flexibility index (Phi) is 5.29. The third-order valence-corrected chi connectivity index (χ3v) is 2.65. The van der Waals surface area contributed by atoms with Crippen molar-refractivity contribution < 1.29 is 14.3 Å². The second-order valence-electron chi connectivity index (χ2n) is 4.48. The van der Waals surface area contributed by atoms with E-state index in [0.717, 1.165) is 0 Å². The van der Waals surface area contributed by atoms with E-state index in [9.17, 15) is 14.4 Å². The molecule has 1 heterocycles. The van der Waals surface area contributed by atoms with Crippen LogP contribution in [0.15, 0.2) is 29.2 Å². The van der Waals surface area contributed by atoms with Crippen molar-refractivity contribution in [1.29, 1.82) is 0 Å². The Balaban J connectivity index is 2.71. The van der Waals surface area contributed by atoms with Crippen molar-refractivity contribution in [3.8, 4) is 0 Å². The third-order valence-electron chi connectivity index (χ3n) is 2.65. The zero-order valence-corrected chi connectivity index (χ0v) is 11.3. The Bertz CT molecular complexity index is 507. The van der Waals surface area contributed by atoms with Gasteiger partial charge in [-0.3, -0.25) is 9.59 Å². The van der Waals surface area contributed by atoms with E-state index >= 15 is 0 Å². The summed E-state index contributed by atoms with van der Waals surface area (Å²) in [6.07, 6.45) is 1.52. The number of hydrogen-bond donors (Lipinski definition) is 1. The molecule has 0 fully saturated rings. The van der Waals surface area contributed by atoms with Gasteiger partial charge in [0, 0.05) is 12.3 Å². The molecule has 1 rings (SSSR count). The summed E-state index contributed by atoms with van der Waals surface area (Å²) in [7, 11) is 1.27. The summed E-state index contributed by atoms with van der Waals surface area (Å²) in [5.74, 6) is -0.995. The van der Waals surface area contributed by atoms with Crippen molar-refractivity contribution >= 4 is 11.9 Å². The Labute approximate surface area is 111 Å². The Morgan fingerprint density at radius 3 is 2.58 bits per heavy atom. The lowest BCUT2D eigenvalue weighted by Gasteiger charge is -2.19. The van der Waals surface area contributed by atoms with Gasteiger partial charge in [0.05, 0.1) is 7.11 Å². The molecule has 0 unspecified atom stereocenters. The largest absolute Gasteiger partial charge is 0.467 e. The molecule has 0 aliphatic rings. The van der Waals surface area contributed by atoms with Crippen LogP contribution in [0.1, 0.15) is 13.8 Å². The molecule has 1 aromatic heterocycles. The van der Waals surface area contributed by atoms with Crippen LogP contribution in [-0.2, 0) is 20.9 Å². The second-order valence-corrected chi connectivity index (χ2v) is 4.48. The highest BCUT2D eigenvalue weighted by atomic mass is 16.5. The van der Waals surface area contributed by atoms with Gasteiger partial charge in [-0.1, -0.05) is 19.9 Å². The summed E-state index contributed by atoms with van der Waals surface area (Å²) in [5.41, 5.74) is -0.267. The van der Waals surface area contributed by atoms with Crippen molar-refractivity contribution in [2.75, 3.05) is 7.11 Å². The number of nitrogens with zero attached hydrogens (tertiary/aromatic N) is 1. The van der Waals surface area contributed by atoms with Crippen LogP contribution in [0.5, 0.6) is 0 Å². The number of carbonyl (C=O) groups excluding carboxylic acids is 2. The molecule has 6 nitrogen and oxygen atoms in total. The van der Waals surface area contributed by atoms with Crippen LogP contribution in [-0.4, -0.2) is 29.6 Å². The molecular weight excluding hydrogens is 248 g/mol. The minimum absolute atomic E-state index is 0.0936. The zero-order chi connectivity index (χ0) is 14.4. The lowest BCUT2D eigenvalue weighted by molar-refractivity contribution is -0.146. The van der Waals surface area contributed by atoms with Crippen LogP contribution in [0.25, 0.3) is 0 Å². The molecule has 0 bridgehead atoms. The van der Waals surface area contributed by atoms with Crippen LogP contribution in [0.3, 0.4) is 0 Å². The molecule has 19 heavy (non-hydrogen) atoms. The number of nitrogens with one attached hydrogen (secondary N) is 1. The van der Waals surface area contributed by atoms with Crippen molar-refractivity contribution in [2.24, 2.45) is 5.92 Å². The predicted molar refractivity (Wildman–Crippen MR) is 69.5 cm³/mol. The highest BCUT2D eigenvalue weighted by molar-refractivity contribution is 5.84. The van der Waals surface area contributed by atoms with Gasteiger partial charge >= 0.3 is 5.97 Å². The Hall–Kier alpha value is -2.11. The van der Waals surface area contributed by atoms with Crippen LogP contribution in [0, 0.1) is 5.92 Å². The van der Waals surface area contributed by atoms with Gasteiger partial charge in [0.25, 0.3) is 5.56 Å². The second kappa shape index (κ2) is 6.72. The number of methoxy groups -OCH3 is 1. The zero-order valence-electron chi connectivity index (χ0n) is 11.3. The number of hydrogen-bond acceptors (Lipinski definition) is 4. The third kappa shape index (κ3) is 4.24. The van der Waals surface area contributed by atoms with E-state index in [1.54, 1.807) is 26.0 Å². The number of ether oxygens (including phenoxy) is 1. The number of esters is 1. The summed E-state index contributed by atoms with van der Waals surface area (Å²) >= 11 is 0. The lowest BCUT2D eigenvalue weighted by Crippen LogP contribution is -2.46. The molecule has 0 aromatic carbocycles. The highest BCUT2D eigenvalue weighted by Crippen LogP contribution is 2.03. The molecule has 0 aliphatic carbocycles. The summed E-state index contributed by atoms with van der Waals surface area (Å²) < 4.78 is 5.89. The van der Waals surface area contributed by atoms with Gasteiger partial charge in [0.1, 0.15) is 12.6 Å². The number of rotatable bonds is 5. The summed E-state index contributed by atoms with van der Waals surface area (Å²) in [6, 6.07) is 3.92. The van der Waals surface area contributed by atoms with Crippen molar-refractivity contribution in [3.63, 3.8) is 0 Å². The maximum Gasteiger partial charge on any atom is 0.328 e. The predicted octanol–water partition coefficient (Wildman–Crippen LogP) is 0.162. The van der Waals surface area contributed by atoms with Crippen molar-refractivity contribution in [2.45, 2.75) is 26.4 Å². The van der Waals surface area contributed by atoms with Gasteiger partial charge in [-0.05, 0) is 12.0 Å². The standard InChI is InChI=1S/C13H18N2O4/c1-9(2)12(13(18)19-3)14-10(16)8-15-7-5-4-6-11(15)17/h4-7,9,12H,8H2,1-3H3,(H,14,16)/t12-/m0/s1. The molecule has 1 aromatic rings. The van der Waals surface area contributed by atoms with E-state index in [4.69, 9.17) is 0 Å². The fourth-order valence-electron chi connectivity index (χ4n) is 1.59. The minimum atomic E-state index is -0.711. The van der Waals surface area contributed by atoms with Crippen LogP contribution in [0.2, 0.25) is 0 Å². The quantitative estimate of drug-likeness (QED) is 0.770. The molecule has 1 atom stereocenters. The molecular formula is C13H18N2O4. The first kappa shape index (κ1) is 14.9. The van der Waals surface area contributed by atoms with Crippen LogP contribution in [0.4, 0.5) is 0 Å². The molecule has 1 N–H and O–H groups in total.